The van der Waals surface area contributed by atoms with Crippen molar-refractivity contribution in [2.75, 3.05) is 0 Å². The predicted octanol–water partition coefficient (Wildman–Crippen LogP) is 4.88. The smallest absolute Gasteiger partial charge is 0.165 e. The minimum absolute atomic E-state index is 0.0173. The third-order valence-electron chi connectivity index (χ3n) is 2.72. The van der Waals surface area contributed by atoms with Gasteiger partial charge in [-0.05, 0) is 37.5 Å². The van der Waals surface area contributed by atoms with Crippen molar-refractivity contribution in [3.05, 3.63) is 0 Å². The van der Waals surface area contributed by atoms with Crippen LogP contribution in [0, 0.1) is 33.5 Å². The van der Waals surface area contributed by atoms with Crippen LogP contribution < -0.4 is 0 Å². The molecule has 0 aromatic rings. The van der Waals surface area contributed by atoms with Gasteiger partial charge in [0.05, 0.1) is 12.1 Å². The van der Waals surface area contributed by atoms with E-state index in [1.165, 1.54) is 0 Å². The molecular formula is C16H28N4. The minimum Gasteiger partial charge on any atom is -0.196 e. The van der Waals surface area contributed by atoms with Gasteiger partial charge in [-0.15, -0.1) is 0 Å². The highest BCUT2D eigenvalue weighted by Gasteiger charge is 2.34. The average Bonchev–Trinajstić information content (AvgIpc) is 2.22. The van der Waals surface area contributed by atoms with Crippen molar-refractivity contribution in [3.8, 4) is 12.1 Å². The van der Waals surface area contributed by atoms with Crippen LogP contribution in [0.25, 0.3) is 0 Å². The van der Waals surface area contributed by atoms with Crippen LogP contribution in [0.15, 0.2) is 10.2 Å². The summed E-state index contributed by atoms with van der Waals surface area (Å²) in [6.45, 7) is 15.9. The number of nitriles is 2. The van der Waals surface area contributed by atoms with Crippen LogP contribution in [-0.4, -0.2) is 11.1 Å². The van der Waals surface area contributed by atoms with Gasteiger partial charge in [-0.1, -0.05) is 41.5 Å². The van der Waals surface area contributed by atoms with Crippen molar-refractivity contribution in [1.82, 2.24) is 0 Å². The largest absolute Gasteiger partial charge is 0.196 e. The van der Waals surface area contributed by atoms with Gasteiger partial charge in [-0.25, -0.2) is 0 Å². The molecule has 0 saturated carbocycles. The molecule has 0 amide bonds. The predicted molar refractivity (Wildman–Crippen MR) is 81.0 cm³/mol. The summed E-state index contributed by atoms with van der Waals surface area (Å²) in [6, 6.07) is 4.45. The van der Waals surface area contributed by atoms with E-state index < -0.39 is 11.1 Å². The molecule has 0 fully saturated rings. The van der Waals surface area contributed by atoms with E-state index in [1.54, 1.807) is 13.8 Å². The van der Waals surface area contributed by atoms with Crippen LogP contribution in [0.3, 0.4) is 0 Å². The van der Waals surface area contributed by atoms with Gasteiger partial charge in [0, 0.05) is 0 Å². The Morgan fingerprint density at radius 3 is 1.05 bits per heavy atom. The van der Waals surface area contributed by atoms with Crippen molar-refractivity contribution in [2.24, 2.45) is 21.1 Å². The summed E-state index contributed by atoms with van der Waals surface area (Å²) in [7, 11) is 0. The highest BCUT2D eigenvalue weighted by atomic mass is 15.2. The minimum atomic E-state index is -0.881. The summed E-state index contributed by atoms with van der Waals surface area (Å²) >= 11 is 0. The summed E-state index contributed by atoms with van der Waals surface area (Å²) in [6.07, 6.45) is 1.22. The van der Waals surface area contributed by atoms with Gasteiger partial charge in [-0.2, -0.15) is 20.8 Å². The molecule has 0 N–H and O–H groups in total. The molecule has 0 aliphatic heterocycles. The number of rotatable bonds is 4. The van der Waals surface area contributed by atoms with Gasteiger partial charge in [0.25, 0.3) is 0 Å². The molecule has 2 atom stereocenters. The second kappa shape index (κ2) is 5.92. The molecule has 0 saturated heterocycles. The Kier molecular flexibility index (Phi) is 5.50. The zero-order valence-corrected chi connectivity index (χ0v) is 14.2. The van der Waals surface area contributed by atoms with Crippen molar-refractivity contribution in [2.45, 2.75) is 79.3 Å². The van der Waals surface area contributed by atoms with Crippen molar-refractivity contribution >= 4 is 0 Å². The first kappa shape index (κ1) is 18.6. The van der Waals surface area contributed by atoms with Crippen molar-refractivity contribution in [1.29, 1.82) is 10.5 Å². The Bertz CT molecular complexity index is 397. The van der Waals surface area contributed by atoms with Crippen LogP contribution in [0.5, 0.6) is 0 Å². The van der Waals surface area contributed by atoms with E-state index in [9.17, 15) is 10.5 Å². The maximum atomic E-state index is 9.36. The van der Waals surface area contributed by atoms with Gasteiger partial charge in [-0.3, -0.25) is 0 Å². The molecule has 0 aliphatic carbocycles. The summed E-state index contributed by atoms with van der Waals surface area (Å²) in [5.41, 5.74) is -1.80. The van der Waals surface area contributed by atoms with E-state index in [4.69, 9.17) is 0 Å². The number of hydrogen-bond acceptors (Lipinski definition) is 4. The first-order chi connectivity index (χ1) is 8.74. The Balaban J connectivity index is 5.24. The standard InChI is InChI=1S/C16H28N4/c1-13(2,3)9-15(7,11-17)19-20-16(8,12-18)10-14(4,5)6/h9-10H2,1-8H3/b20-19+. The molecule has 4 nitrogen and oxygen atoms in total. The summed E-state index contributed by atoms with van der Waals surface area (Å²) in [5, 5.41) is 27.2. The average molecular weight is 276 g/mol. The lowest BCUT2D eigenvalue weighted by Crippen LogP contribution is -2.30. The Morgan fingerprint density at radius 1 is 0.650 bits per heavy atom. The van der Waals surface area contributed by atoms with Crippen LogP contribution >= 0.6 is 0 Å². The molecule has 20 heavy (non-hydrogen) atoms. The van der Waals surface area contributed by atoms with Crippen molar-refractivity contribution in [3.63, 3.8) is 0 Å². The van der Waals surface area contributed by atoms with E-state index in [0.717, 1.165) is 0 Å². The first-order valence-corrected chi connectivity index (χ1v) is 7.01. The fraction of sp³-hybridized carbons (Fsp3) is 0.875. The normalized spacial score (nSPS) is 18.9. The van der Waals surface area contributed by atoms with Crippen molar-refractivity contribution < 1.29 is 0 Å². The SMILES string of the molecule is CC(C)(C)CC(C)(C#N)/N=N/C(C)(C#N)CC(C)(C)C. The molecule has 0 radical (unpaired) electrons. The molecule has 0 rings (SSSR count). The van der Waals surface area contributed by atoms with Gasteiger partial charge in [0.2, 0.25) is 0 Å². The van der Waals surface area contributed by atoms with Gasteiger partial charge in [0.1, 0.15) is 0 Å². The van der Waals surface area contributed by atoms with E-state index in [0.29, 0.717) is 12.8 Å². The zero-order chi connectivity index (χ0) is 16.2. The van der Waals surface area contributed by atoms with Crippen LogP contribution in [0.2, 0.25) is 0 Å². The molecule has 0 spiro atoms. The van der Waals surface area contributed by atoms with Gasteiger partial charge < -0.3 is 0 Å². The van der Waals surface area contributed by atoms with Gasteiger partial charge in [0.15, 0.2) is 11.1 Å². The topological polar surface area (TPSA) is 72.3 Å². The highest BCUT2D eigenvalue weighted by molar-refractivity contribution is 5.09. The molecule has 0 bridgehead atoms. The molecule has 0 heterocycles. The van der Waals surface area contributed by atoms with Crippen LogP contribution in [-0.2, 0) is 0 Å². The lowest BCUT2D eigenvalue weighted by Gasteiger charge is -2.29. The number of azo groups is 1. The van der Waals surface area contributed by atoms with E-state index in [2.05, 4.69) is 63.9 Å². The maximum absolute atomic E-state index is 9.36. The highest BCUT2D eigenvalue weighted by Crippen LogP contribution is 2.33. The number of hydrogen-bond donors (Lipinski definition) is 0. The Morgan fingerprint density at radius 2 is 0.900 bits per heavy atom. The van der Waals surface area contributed by atoms with E-state index in [1.807, 2.05) is 0 Å². The third-order valence-corrected chi connectivity index (χ3v) is 2.72. The number of nitrogens with zero attached hydrogens (tertiary/aromatic N) is 4. The van der Waals surface area contributed by atoms with Crippen LogP contribution in [0.4, 0.5) is 0 Å². The maximum Gasteiger partial charge on any atom is 0.165 e. The molecule has 0 aromatic carbocycles. The monoisotopic (exact) mass is 276 g/mol. The van der Waals surface area contributed by atoms with E-state index in [-0.39, 0.29) is 10.8 Å². The third kappa shape index (κ3) is 7.24. The van der Waals surface area contributed by atoms with Crippen LogP contribution in [0.1, 0.15) is 68.2 Å². The molecule has 4 heteroatoms. The Labute approximate surface area is 123 Å². The zero-order valence-electron chi connectivity index (χ0n) is 14.2. The summed E-state index contributed by atoms with van der Waals surface area (Å²) in [5.74, 6) is 0. The molecular weight excluding hydrogens is 248 g/mol. The second-order valence-electron chi connectivity index (χ2n) is 8.45. The molecule has 0 aromatic heterocycles. The molecule has 112 valence electrons. The fourth-order valence-corrected chi connectivity index (χ4v) is 2.48. The molecule has 2 unspecified atom stereocenters. The van der Waals surface area contributed by atoms with E-state index >= 15 is 0 Å². The Hall–Kier alpha value is -1.42. The second-order valence-corrected chi connectivity index (χ2v) is 8.45. The summed E-state index contributed by atoms with van der Waals surface area (Å²) in [4.78, 5) is 0. The molecule has 0 aliphatic rings. The van der Waals surface area contributed by atoms with Gasteiger partial charge >= 0.3 is 0 Å². The fourth-order valence-electron chi connectivity index (χ4n) is 2.48. The summed E-state index contributed by atoms with van der Waals surface area (Å²) < 4.78 is 0. The lowest BCUT2D eigenvalue weighted by molar-refractivity contribution is 0.279. The quantitative estimate of drug-likeness (QED) is 0.687. The lowest BCUT2D eigenvalue weighted by atomic mass is 9.81. The first-order valence-electron chi connectivity index (χ1n) is 7.01.